The average Bonchev–Trinajstić information content (AvgIpc) is 2.63. The maximum atomic E-state index is 11.5. The summed E-state index contributed by atoms with van der Waals surface area (Å²) in [5.74, 6) is -0.551. The van der Waals surface area contributed by atoms with Crippen molar-refractivity contribution in [3.63, 3.8) is 0 Å². The number of ether oxygens (including phenoxy) is 1. The van der Waals surface area contributed by atoms with Gasteiger partial charge in [0, 0.05) is 11.8 Å². The first kappa shape index (κ1) is 37.5. The van der Waals surface area contributed by atoms with Crippen molar-refractivity contribution >= 4 is 47.4 Å². The second-order valence-electron chi connectivity index (χ2n) is 6.38. The number of azo groups is 1. The van der Waals surface area contributed by atoms with Crippen LogP contribution in [0.15, 0.2) is 50.4 Å². The molecule has 35 heavy (non-hydrogen) atoms. The molecule has 0 aromatic heterocycles. The molecule has 0 amide bonds. The molecular weight excluding hydrogens is 559 g/mol. The van der Waals surface area contributed by atoms with Crippen LogP contribution >= 0.6 is 0 Å². The molecule has 19 heteroatoms. The van der Waals surface area contributed by atoms with Crippen molar-refractivity contribution in [3.05, 3.63) is 35.9 Å². The zero-order chi connectivity index (χ0) is 24.3. The Morgan fingerprint density at radius 1 is 0.857 bits per heavy atom. The van der Waals surface area contributed by atoms with Gasteiger partial charge in [0.2, 0.25) is 0 Å². The predicted octanol–water partition coefficient (Wildman–Crippen LogP) is -7.87. The maximum Gasteiger partial charge on any atom is 1.00 e. The first-order valence-electron chi connectivity index (χ1n) is 8.52. The van der Waals surface area contributed by atoms with Crippen LogP contribution in [0.3, 0.4) is 0 Å². The van der Waals surface area contributed by atoms with E-state index in [-0.39, 0.29) is 119 Å². The van der Waals surface area contributed by atoms with Gasteiger partial charge in [0.15, 0.2) is 0 Å². The van der Waals surface area contributed by atoms with Gasteiger partial charge in [-0.3, -0.25) is 0 Å². The minimum Gasteiger partial charge on any atom is -0.748 e. The SMILES string of the molecule is Cc1cc(N)c(OCCCS(=O)(=O)[O-])cc1N=Nc1ccc(S(=O)(=O)[O-])cc1S(=O)(=O)[O-].[Na+].[Na+].[Na+]. The summed E-state index contributed by atoms with van der Waals surface area (Å²) in [5.41, 5.74) is 6.07. The summed E-state index contributed by atoms with van der Waals surface area (Å²) < 4.78 is 105. The van der Waals surface area contributed by atoms with Crippen molar-refractivity contribution in [1.29, 1.82) is 0 Å². The van der Waals surface area contributed by atoms with Crippen molar-refractivity contribution in [2.75, 3.05) is 18.1 Å². The smallest absolute Gasteiger partial charge is 0.748 e. The van der Waals surface area contributed by atoms with E-state index in [9.17, 15) is 38.9 Å². The second kappa shape index (κ2) is 15.1. The molecule has 0 heterocycles. The van der Waals surface area contributed by atoms with Gasteiger partial charge in [0.25, 0.3) is 0 Å². The number of nitrogen functional groups attached to an aromatic ring is 1. The van der Waals surface area contributed by atoms with E-state index in [0.29, 0.717) is 11.6 Å². The number of hydrogen-bond donors (Lipinski definition) is 1. The molecule has 2 aromatic rings. The van der Waals surface area contributed by atoms with Gasteiger partial charge in [-0.1, -0.05) is 0 Å². The summed E-state index contributed by atoms with van der Waals surface area (Å²) in [5, 5.41) is 7.48. The number of nitrogens with two attached hydrogens (primary N) is 1. The van der Waals surface area contributed by atoms with Gasteiger partial charge < -0.3 is 24.1 Å². The molecule has 0 atom stereocenters. The average molecular weight is 575 g/mol. The third kappa shape index (κ3) is 12.2. The Morgan fingerprint density at radius 2 is 1.43 bits per heavy atom. The number of aryl methyl sites for hydroxylation is 1. The third-order valence-electron chi connectivity index (χ3n) is 3.88. The van der Waals surface area contributed by atoms with Crippen LogP contribution in [-0.4, -0.2) is 51.3 Å². The van der Waals surface area contributed by atoms with Gasteiger partial charge in [-0.25, -0.2) is 25.3 Å². The summed E-state index contributed by atoms with van der Waals surface area (Å²) in [6, 6.07) is 4.76. The number of benzene rings is 2. The monoisotopic (exact) mass is 575 g/mol. The molecule has 176 valence electrons. The standard InChI is InChI=1S/C16H19N3O10S3.3Na/c1-10-7-12(17)15(29-5-2-6-30(20,21)22)9-14(10)19-18-13-4-3-11(31(23,24)25)8-16(13)32(26,27)28;;;/h3-4,7-9H,2,5-6,17H2,1H3,(H,20,21,22)(H,23,24,25)(H,26,27,28);;;/q;3*+1/p-3. The van der Waals surface area contributed by atoms with Crippen LogP contribution in [0.5, 0.6) is 5.75 Å². The van der Waals surface area contributed by atoms with Gasteiger partial charge in [0.05, 0.1) is 37.9 Å². The van der Waals surface area contributed by atoms with Crippen LogP contribution in [0, 0.1) is 6.92 Å². The van der Waals surface area contributed by atoms with E-state index in [0.717, 1.165) is 12.1 Å². The molecular formula is C16H16N3Na3O10S3. The Bertz CT molecular complexity index is 1380. The largest absolute Gasteiger partial charge is 1.00 e. The summed E-state index contributed by atoms with van der Waals surface area (Å²) in [7, 11) is -14.6. The van der Waals surface area contributed by atoms with E-state index in [4.69, 9.17) is 10.5 Å². The molecule has 0 radical (unpaired) electrons. The first-order valence-corrected chi connectivity index (χ1v) is 12.9. The Kier molecular flexibility index (Phi) is 16.2. The van der Waals surface area contributed by atoms with Gasteiger partial charge >= 0.3 is 88.7 Å². The van der Waals surface area contributed by atoms with Crippen LogP contribution in [-0.2, 0) is 30.4 Å². The molecule has 2 rings (SSSR count). The minimum atomic E-state index is -5.20. The molecule has 0 aliphatic carbocycles. The van der Waals surface area contributed by atoms with Crippen LogP contribution in [0.4, 0.5) is 17.1 Å². The zero-order valence-corrected chi connectivity index (χ0v) is 27.7. The Morgan fingerprint density at radius 3 is 1.94 bits per heavy atom. The molecule has 0 aliphatic rings. The van der Waals surface area contributed by atoms with E-state index in [1.165, 1.54) is 12.1 Å². The van der Waals surface area contributed by atoms with Gasteiger partial charge in [0.1, 0.15) is 31.7 Å². The first-order chi connectivity index (χ1) is 14.6. The van der Waals surface area contributed by atoms with Crippen LogP contribution in [0.2, 0.25) is 0 Å². The van der Waals surface area contributed by atoms with E-state index >= 15 is 0 Å². The molecule has 2 aromatic carbocycles. The summed E-state index contributed by atoms with van der Waals surface area (Å²) in [6.45, 7) is 1.44. The molecule has 13 nitrogen and oxygen atoms in total. The molecule has 0 bridgehead atoms. The molecule has 2 N–H and O–H groups in total. The minimum absolute atomic E-state index is 0. The van der Waals surface area contributed by atoms with Gasteiger partial charge in [-0.15, -0.1) is 5.11 Å². The number of hydrogen-bond acceptors (Lipinski definition) is 13. The van der Waals surface area contributed by atoms with Crippen LogP contribution in [0.25, 0.3) is 0 Å². The zero-order valence-electron chi connectivity index (χ0n) is 19.3. The van der Waals surface area contributed by atoms with Crippen molar-refractivity contribution in [2.24, 2.45) is 10.2 Å². The fourth-order valence-corrected chi connectivity index (χ4v) is 4.07. The van der Waals surface area contributed by atoms with E-state index in [1.807, 2.05) is 0 Å². The van der Waals surface area contributed by atoms with E-state index < -0.39 is 51.6 Å². The van der Waals surface area contributed by atoms with Crippen LogP contribution in [0.1, 0.15) is 12.0 Å². The maximum absolute atomic E-state index is 11.5. The number of rotatable bonds is 9. The Balaban J connectivity index is 0. The van der Waals surface area contributed by atoms with E-state index in [2.05, 4.69) is 10.2 Å². The molecule has 0 unspecified atom stereocenters. The van der Waals surface area contributed by atoms with Crippen molar-refractivity contribution < 1.29 is 132 Å². The summed E-state index contributed by atoms with van der Waals surface area (Å²) >= 11 is 0. The van der Waals surface area contributed by atoms with Crippen molar-refractivity contribution in [1.82, 2.24) is 0 Å². The summed E-state index contributed by atoms with van der Waals surface area (Å²) in [6.07, 6.45) is -0.0876. The van der Waals surface area contributed by atoms with E-state index in [1.54, 1.807) is 6.92 Å². The normalized spacial score (nSPS) is 11.8. The fraction of sp³-hybridized carbons (Fsp3) is 0.250. The number of nitrogens with zero attached hydrogens (tertiary/aromatic N) is 2. The topological polar surface area (TPSA) is 232 Å². The van der Waals surface area contributed by atoms with Crippen molar-refractivity contribution in [3.8, 4) is 5.75 Å². The predicted molar refractivity (Wildman–Crippen MR) is 107 cm³/mol. The van der Waals surface area contributed by atoms with Gasteiger partial charge in [-0.2, -0.15) is 5.11 Å². The molecule has 0 aliphatic heterocycles. The Labute approximate surface area is 269 Å². The molecule has 0 saturated heterocycles. The van der Waals surface area contributed by atoms with Gasteiger partial charge in [-0.05, 0) is 43.2 Å². The molecule has 0 spiro atoms. The number of anilines is 1. The fourth-order valence-electron chi connectivity index (χ4n) is 2.39. The Hall–Kier alpha value is 0.370. The molecule has 0 fully saturated rings. The molecule has 0 saturated carbocycles. The summed E-state index contributed by atoms with van der Waals surface area (Å²) in [4.78, 5) is -1.98. The van der Waals surface area contributed by atoms with Crippen LogP contribution < -0.4 is 99.1 Å². The quantitative estimate of drug-likeness (QED) is 0.0969. The second-order valence-corrected chi connectivity index (χ2v) is 10.6. The third-order valence-corrected chi connectivity index (χ3v) is 6.36. The van der Waals surface area contributed by atoms with Crippen molar-refractivity contribution in [2.45, 2.75) is 23.1 Å².